The lowest BCUT2D eigenvalue weighted by molar-refractivity contribution is -0.160. The maximum absolute atomic E-state index is 14.4. The second-order valence-corrected chi connectivity index (χ2v) is 10.3. The van der Waals surface area contributed by atoms with E-state index in [1.807, 2.05) is 6.07 Å². The number of halogens is 3. The summed E-state index contributed by atoms with van der Waals surface area (Å²) in [6.45, 7) is -1.57. The predicted octanol–water partition coefficient (Wildman–Crippen LogP) is 6.81. The van der Waals surface area contributed by atoms with Crippen molar-refractivity contribution in [3.05, 3.63) is 77.6 Å². The molecule has 1 fully saturated rings. The minimum atomic E-state index is -3.20. The molecule has 1 heterocycles. The number of anilines is 1. The zero-order valence-corrected chi connectivity index (χ0v) is 23.1. The van der Waals surface area contributed by atoms with Crippen molar-refractivity contribution >= 4 is 34.8 Å². The Morgan fingerprint density at radius 2 is 1.78 bits per heavy atom. The van der Waals surface area contributed by atoms with Crippen molar-refractivity contribution in [2.24, 2.45) is 5.73 Å². The van der Waals surface area contributed by atoms with Crippen LogP contribution in [-0.4, -0.2) is 39.1 Å². The fourth-order valence-corrected chi connectivity index (χ4v) is 5.06. The monoisotopic (exact) mass is 587 g/mol. The Morgan fingerprint density at radius 3 is 2.37 bits per heavy atom. The molecule has 0 radical (unpaired) electrons. The van der Waals surface area contributed by atoms with Crippen molar-refractivity contribution in [2.75, 3.05) is 31.6 Å². The van der Waals surface area contributed by atoms with Crippen LogP contribution in [0.5, 0.6) is 11.5 Å². The lowest BCUT2D eigenvalue weighted by Crippen LogP contribution is -2.39. The van der Waals surface area contributed by atoms with Crippen molar-refractivity contribution < 1.29 is 36.3 Å². The van der Waals surface area contributed by atoms with E-state index >= 15 is 0 Å². The largest absolute Gasteiger partial charge is 0.457 e. The molecule has 3 aromatic carbocycles. The summed E-state index contributed by atoms with van der Waals surface area (Å²) >= 11 is 0.626. The SMILES string of the molecule is CNC(=O)c1c(-c2ccc(Oc3ccc(F)cc3)cc2)oc2cc(N(CC(F)(F)CN)SOOC)c(C3CC3)cc12. The fraction of sp³-hybridized carbons (Fsp3) is 0.276. The van der Waals surface area contributed by atoms with Gasteiger partial charge in [0.25, 0.3) is 11.8 Å². The molecule has 12 heteroatoms. The lowest BCUT2D eigenvalue weighted by Gasteiger charge is -2.27. The number of ether oxygens (including phenoxy) is 1. The Hall–Kier alpha value is -3.71. The van der Waals surface area contributed by atoms with Gasteiger partial charge in [0.1, 0.15) is 28.7 Å². The highest BCUT2D eigenvalue weighted by Crippen LogP contribution is 2.49. The second-order valence-electron chi connectivity index (χ2n) is 9.55. The predicted molar refractivity (Wildman–Crippen MR) is 151 cm³/mol. The number of nitrogens with two attached hydrogens (primary N) is 1. The van der Waals surface area contributed by atoms with Crippen molar-refractivity contribution in [3.8, 4) is 22.8 Å². The maximum atomic E-state index is 14.4. The van der Waals surface area contributed by atoms with E-state index in [0.717, 1.165) is 18.4 Å². The van der Waals surface area contributed by atoms with Crippen LogP contribution in [0.15, 0.2) is 65.1 Å². The molecule has 0 saturated heterocycles. The van der Waals surface area contributed by atoms with Crippen LogP contribution < -0.4 is 20.1 Å². The Kier molecular flexibility index (Phi) is 8.45. The number of rotatable bonds is 12. The summed E-state index contributed by atoms with van der Waals surface area (Å²) in [5.74, 6) is -2.51. The fourth-order valence-electron chi connectivity index (χ4n) is 4.45. The number of carbonyl (C=O) groups is 1. The third-order valence-corrected chi connectivity index (χ3v) is 7.31. The maximum Gasteiger partial charge on any atom is 0.278 e. The van der Waals surface area contributed by atoms with Crippen LogP contribution in [0.4, 0.5) is 18.9 Å². The molecule has 1 aliphatic carbocycles. The molecule has 5 rings (SSSR count). The second kappa shape index (κ2) is 12.0. The first-order valence-electron chi connectivity index (χ1n) is 12.8. The van der Waals surface area contributed by atoms with Crippen LogP contribution in [-0.2, 0) is 9.22 Å². The molecule has 1 saturated carbocycles. The molecule has 1 aromatic heterocycles. The number of hydrogen-bond donors (Lipinski definition) is 2. The van der Waals surface area contributed by atoms with Gasteiger partial charge < -0.3 is 20.2 Å². The van der Waals surface area contributed by atoms with Crippen molar-refractivity contribution in [3.63, 3.8) is 0 Å². The molecular weight excluding hydrogens is 559 g/mol. The highest BCUT2D eigenvalue weighted by atomic mass is 32.2. The molecular formula is C29H28F3N3O5S. The Morgan fingerprint density at radius 1 is 1.12 bits per heavy atom. The van der Waals surface area contributed by atoms with Crippen LogP contribution in [0, 0.1) is 5.82 Å². The van der Waals surface area contributed by atoms with Crippen molar-refractivity contribution in [1.82, 2.24) is 5.32 Å². The molecule has 0 atom stereocenters. The van der Waals surface area contributed by atoms with E-state index in [9.17, 15) is 18.0 Å². The average molecular weight is 588 g/mol. The summed E-state index contributed by atoms with van der Waals surface area (Å²) in [5.41, 5.74) is 7.82. The van der Waals surface area contributed by atoms with Gasteiger partial charge in [-0.25, -0.2) is 18.1 Å². The molecule has 41 heavy (non-hydrogen) atoms. The number of carbonyl (C=O) groups excluding carboxylic acids is 1. The quantitative estimate of drug-likeness (QED) is 0.0808. The van der Waals surface area contributed by atoms with Crippen LogP contribution >= 0.6 is 12.2 Å². The van der Waals surface area contributed by atoms with E-state index in [0.29, 0.717) is 57.3 Å². The van der Waals surface area contributed by atoms with Crippen molar-refractivity contribution in [2.45, 2.75) is 24.7 Å². The van der Waals surface area contributed by atoms with E-state index < -0.39 is 19.0 Å². The third-order valence-electron chi connectivity index (χ3n) is 6.61. The summed E-state index contributed by atoms with van der Waals surface area (Å²) < 4.78 is 60.3. The molecule has 1 amide bonds. The summed E-state index contributed by atoms with van der Waals surface area (Å²) in [4.78, 5) is 17.8. The standard InChI is InChI=1S/C29H28F3N3O5S/c1-34-28(36)26-23-13-22(17-3-4-17)24(35(41-40-37-2)16-29(31,32)15-33)14-25(23)39-27(26)18-5-9-20(10-6-18)38-21-11-7-19(30)8-12-21/h5-14,17H,3-4,15-16,33H2,1-2H3,(H,34,36). The first kappa shape index (κ1) is 28.8. The average Bonchev–Trinajstić information content (AvgIpc) is 3.76. The van der Waals surface area contributed by atoms with Gasteiger partial charge in [-0.1, -0.05) is 0 Å². The molecule has 0 bridgehead atoms. The number of amides is 1. The number of benzene rings is 3. The smallest absolute Gasteiger partial charge is 0.278 e. The third kappa shape index (κ3) is 6.46. The zero-order chi connectivity index (χ0) is 29.1. The summed E-state index contributed by atoms with van der Waals surface area (Å²) in [6.07, 6.45) is 1.76. The van der Waals surface area contributed by atoms with Gasteiger partial charge in [-0.3, -0.25) is 9.10 Å². The van der Waals surface area contributed by atoms with Gasteiger partial charge in [-0.2, -0.15) is 0 Å². The normalized spacial score (nSPS) is 13.4. The van der Waals surface area contributed by atoms with Gasteiger partial charge in [0, 0.05) is 24.1 Å². The van der Waals surface area contributed by atoms with E-state index in [4.69, 9.17) is 19.2 Å². The number of fused-ring (bicyclic) bond motifs is 1. The van der Waals surface area contributed by atoms with Crippen molar-refractivity contribution in [1.29, 1.82) is 0 Å². The first-order chi connectivity index (χ1) is 19.7. The Bertz CT molecular complexity index is 1530. The molecule has 8 nitrogen and oxygen atoms in total. The molecule has 216 valence electrons. The number of nitrogens with zero attached hydrogens (tertiary/aromatic N) is 1. The first-order valence-corrected chi connectivity index (χ1v) is 13.5. The van der Waals surface area contributed by atoms with Gasteiger partial charge in [-0.05, 0) is 78.9 Å². The van der Waals surface area contributed by atoms with Crippen LogP contribution in [0.2, 0.25) is 0 Å². The van der Waals surface area contributed by atoms with Crippen LogP contribution in [0.1, 0.15) is 34.7 Å². The lowest BCUT2D eigenvalue weighted by atomic mass is 10.00. The molecule has 0 spiro atoms. The number of alkyl halides is 2. The van der Waals surface area contributed by atoms with Gasteiger partial charge in [0.05, 0.1) is 31.5 Å². The van der Waals surface area contributed by atoms with Gasteiger partial charge in [-0.15, -0.1) is 4.33 Å². The Balaban J connectivity index is 1.57. The van der Waals surface area contributed by atoms with Gasteiger partial charge >= 0.3 is 0 Å². The number of hydrogen-bond acceptors (Lipinski definition) is 8. The van der Waals surface area contributed by atoms with Gasteiger partial charge in [0.2, 0.25) is 0 Å². The summed E-state index contributed by atoms with van der Waals surface area (Å²) in [6, 6.07) is 16.0. The van der Waals surface area contributed by atoms with Crippen LogP contribution in [0.25, 0.3) is 22.3 Å². The zero-order valence-electron chi connectivity index (χ0n) is 22.3. The number of furan rings is 1. The molecule has 0 unspecified atom stereocenters. The molecule has 1 aliphatic rings. The van der Waals surface area contributed by atoms with E-state index in [1.54, 1.807) is 30.3 Å². The van der Waals surface area contributed by atoms with E-state index in [1.165, 1.54) is 42.7 Å². The molecule has 0 aliphatic heterocycles. The molecule has 4 aromatic rings. The number of nitrogens with one attached hydrogen (secondary N) is 1. The van der Waals surface area contributed by atoms with E-state index in [-0.39, 0.29) is 17.6 Å². The minimum absolute atomic E-state index is 0.130. The summed E-state index contributed by atoms with van der Waals surface area (Å²) in [5, 5.41) is 3.22. The minimum Gasteiger partial charge on any atom is -0.457 e. The van der Waals surface area contributed by atoms with E-state index in [2.05, 4.69) is 10.2 Å². The Labute approximate surface area is 238 Å². The van der Waals surface area contributed by atoms with Crippen LogP contribution in [0.3, 0.4) is 0 Å². The van der Waals surface area contributed by atoms with Gasteiger partial charge in [0.15, 0.2) is 12.2 Å². The highest BCUT2D eigenvalue weighted by molar-refractivity contribution is 7.96. The summed E-state index contributed by atoms with van der Waals surface area (Å²) in [7, 11) is 2.80. The highest BCUT2D eigenvalue weighted by Gasteiger charge is 2.36. The molecule has 3 N–H and O–H groups in total. The topological polar surface area (TPSA) is 99.2 Å².